The van der Waals surface area contributed by atoms with Gasteiger partial charge in [0, 0.05) is 20.0 Å². The van der Waals surface area contributed by atoms with E-state index in [4.69, 9.17) is 16.3 Å². The van der Waals surface area contributed by atoms with Gasteiger partial charge in [0.25, 0.3) is 11.5 Å². The van der Waals surface area contributed by atoms with Crippen LogP contribution < -0.4 is 21.9 Å². The molecule has 1 fully saturated rings. The molecule has 10 heteroatoms. The van der Waals surface area contributed by atoms with E-state index in [0.717, 1.165) is 41.5 Å². The predicted molar refractivity (Wildman–Crippen MR) is 186 cm³/mol. The number of carbonyl (C=O) groups excluding carboxylic acids is 2. The molecule has 1 amide bonds. The van der Waals surface area contributed by atoms with Gasteiger partial charge in [0.15, 0.2) is 0 Å². The Morgan fingerprint density at radius 3 is 2.34 bits per heavy atom. The Bertz CT molecular complexity index is 1890. The predicted octanol–water partition coefficient (Wildman–Crippen LogP) is 5.65. The topological polar surface area (TPSA) is 111 Å². The van der Waals surface area contributed by atoms with Crippen LogP contribution in [0, 0.1) is 5.92 Å². The Morgan fingerprint density at radius 2 is 1.68 bits per heavy atom. The summed E-state index contributed by atoms with van der Waals surface area (Å²) in [7, 11) is 1.65. The third-order valence-corrected chi connectivity index (χ3v) is 8.74. The van der Waals surface area contributed by atoms with Gasteiger partial charge in [-0.2, -0.15) is 0 Å². The maximum Gasteiger partial charge on any atom is 0.335 e. The van der Waals surface area contributed by atoms with Crippen LogP contribution in [0.3, 0.4) is 0 Å². The lowest BCUT2D eigenvalue weighted by molar-refractivity contribution is -0.149. The van der Waals surface area contributed by atoms with Crippen LogP contribution >= 0.6 is 11.6 Å². The van der Waals surface area contributed by atoms with Crippen molar-refractivity contribution in [3.05, 3.63) is 109 Å². The van der Waals surface area contributed by atoms with E-state index in [1.807, 2.05) is 30.3 Å². The molecule has 248 valence electrons. The van der Waals surface area contributed by atoms with Crippen LogP contribution in [0.1, 0.15) is 79.9 Å². The number of aromatic nitrogens is 2. The van der Waals surface area contributed by atoms with Crippen molar-refractivity contribution in [3.63, 3.8) is 0 Å². The molecule has 9 nitrogen and oxygen atoms in total. The number of halogens is 1. The number of aryl methyl sites for hydroxylation is 1. The van der Waals surface area contributed by atoms with Gasteiger partial charge in [0.05, 0.1) is 33.3 Å². The van der Waals surface area contributed by atoms with Gasteiger partial charge in [-0.3, -0.25) is 14.2 Å². The van der Waals surface area contributed by atoms with Crippen LogP contribution in [0.25, 0.3) is 16.6 Å². The van der Waals surface area contributed by atoms with E-state index in [1.165, 1.54) is 4.57 Å². The number of hydrogen-bond acceptors (Lipinski definition) is 6. The summed E-state index contributed by atoms with van der Waals surface area (Å²) < 4.78 is 8.12. The Balaban J connectivity index is 1.40. The molecule has 0 spiro atoms. The zero-order valence-corrected chi connectivity index (χ0v) is 28.4. The van der Waals surface area contributed by atoms with Gasteiger partial charge in [-0.1, -0.05) is 55.8 Å². The summed E-state index contributed by atoms with van der Waals surface area (Å²) in [6.45, 7) is 9.35. The highest BCUT2D eigenvalue weighted by atomic mass is 35.5. The lowest BCUT2D eigenvalue weighted by Gasteiger charge is -2.21. The molecule has 0 aliphatic heterocycles. The van der Waals surface area contributed by atoms with Gasteiger partial charge in [-0.05, 0) is 98.5 Å². The number of nitrogens with zero attached hydrogens (tertiary/aromatic N) is 2. The monoisotopic (exact) mass is 658 g/mol. The lowest BCUT2D eigenvalue weighted by atomic mass is 10.0. The highest BCUT2D eigenvalue weighted by molar-refractivity contribution is 6.34. The van der Waals surface area contributed by atoms with Crippen molar-refractivity contribution in [2.75, 3.05) is 6.54 Å². The minimum atomic E-state index is -0.983. The fourth-order valence-electron chi connectivity index (χ4n) is 5.74. The molecule has 1 aliphatic rings. The van der Waals surface area contributed by atoms with E-state index in [1.54, 1.807) is 51.2 Å². The smallest absolute Gasteiger partial charge is 0.335 e. The first kappa shape index (κ1) is 34.1. The van der Waals surface area contributed by atoms with E-state index in [0.29, 0.717) is 45.2 Å². The molecular weight excluding hydrogens is 616 g/mol. The quantitative estimate of drug-likeness (QED) is 0.142. The van der Waals surface area contributed by atoms with E-state index >= 15 is 0 Å². The van der Waals surface area contributed by atoms with E-state index in [2.05, 4.69) is 24.5 Å². The molecule has 1 aromatic heterocycles. The molecule has 2 N–H and O–H groups in total. The molecule has 1 saturated carbocycles. The molecule has 1 heterocycles. The summed E-state index contributed by atoms with van der Waals surface area (Å²) in [5.41, 5.74) is 3.03. The number of rotatable bonds is 13. The number of carbonyl (C=O) groups is 2. The van der Waals surface area contributed by atoms with Crippen LogP contribution in [0.15, 0.2) is 70.3 Å². The van der Waals surface area contributed by atoms with Gasteiger partial charge >= 0.3 is 11.7 Å². The summed E-state index contributed by atoms with van der Waals surface area (Å²) in [6.07, 6.45) is 2.80. The Hall–Kier alpha value is -4.21. The normalized spacial score (nSPS) is 13.7. The third kappa shape index (κ3) is 8.03. The van der Waals surface area contributed by atoms with Gasteiger partial charge < -0.3 is 15.4 Å². The zero-order chi connectivity index (χ0) is 33.8. The summed E-state index contributed by atoms with van der Waals surface area (Å²) in [4.78, 5) is 53.7. The Morgan fingerprint density at radius 1 is 0.979 bits per heavy atom. The zero-order valence-electron chi connectivity index (χ0n) is 27.6. The molecule has 1 aliphatic carbocycles. The first-order chi connectivity index (χ1) is 22.4. The van der Waals surface area contributed by atoms with Crippen LogP contribution in [0.4, 0.5) is 0 Å². The van der Waals surface area contributed by atoms with Crippen LogP contribution in [0.2, 0.25) is 5.02 Å². The number of benzene rings is 3. The van der Waals surface area contributed by atoms with Crippen LogP contribution in [-0.2, 0) is 29.5 Å². The van der Waals surface area contributed by atoms with E-state index in [-0.39, 0.29) is 18.4 Å². The largest absolute Gasteiger partial charge is 0.461 e. The van der Waals surface area contributed by atoms with E-state index in [9.17, 15) is 19.2 Å². The van der Waals surface area contributed by atoms with Crippen molar-refractivity contribution >= 4 is 34.4 Å². The summed E-state index contributed by atoms with van der Waals surface area (Å²) in [5, 5.41) is 7.07. The summed E-state index contributed by atoms with van der Waals surface area (Å²) >= 11 is 6.46. The van der Waals surface area contributed by atoms with Gasteiger partial charge in [0.2, 0.25) is 0 Å². The highest BCUT2D eigenvalue weighted by Gasteiger charge is 2.31. The Labute approximate surface area is 279 Å². The molecule has 3 aromatic carbocycles. The van der Waals surface area contributed by atoms with Gasteiger partial charge in [0.1, 0.15) is 6.04 Å². The van der Waals surface area contributed by atoms with Crippen molar-refractivity contribution in [1.29, 1.82) is 0 Å². The molecule has 0 bridgehead atoms. The van der Waals surface area contributed by atoms with Crippen molar-refractivity contribution in [2.45, 2.75) is 78.0 Å². The average Bonchev–Trinajstić information content (AvgIpc) is 3.88. The lowest BCUT2D eigenvalue weighted by Crippen LogP contribution is -2.44. The van der Waals surface area contributed by atoms with Gasteiger partial charge in [-0.25, -0.2) is 14.2 Å². The molecule has 47 heavy (non-hydrogen) atoms. The van der Waals surface area contributed by atoms with Crippen molar-refractivity contribution in [2.24, 2.45) is 13.0 Å². The van der Waals surface area contributed by atoms with E-state index < -0.39 is 29.2 Å². The molecule has 0 saturated heterocycles. The molecule has 0 unspecified atom stereocenters. The number of amides is 1. The fraction of sp³-hybridized carbons (Fsp3) is 0.405. The molecule has 0 radical (unpaired) electrons. The van der Waals surface area contributed by atoms with Crippen molar-refractivity contribution < 1.29 is 14.3 Å². The molecular formula is C37H43ClN4O5. The number of fused-ring (bicyclic) bond motifs is 1. The molecule has 4 aromatic rings. The van der Waals surface area contributed by atoms with Crippen LogP contribution in [-0.4, -0.2) is 39.7 Å². The summed E-state index contributed by atoms with van der Waals surface area (Å²) in [5.74, 6) is -0.112. The maximum atomic E-state index is 13.7. The minimum Gasteiger partial charge on any atom is -0.461 e. The maximum absolute atomic E-state index is 13.7. The summed E-state index contributed by atoms with van der Waals surface area (Å²) in [6, 6.07) is 16.8. The fourth-order valence-corrected chi connectivity index (χ4v) is 6.01. The Kier molecular flexibility index (Phi) is 10.7. The SMILES string of the molecule is CC(C)CCNCc1ccc2c(c1)c(=O)n(-c1ccc(C[C@H](NC(=O)c3c(Cl)cccc3C3CC3)C(=O)OC(C)C)cc1)c(=O)n2C. The highest BCUT2D eigenvalue weighted by Crippen LogP contribution is 2.43. The third-order valence-electron chi connectivity index (χ3n) is 8.43. The second-order valence-corrected chi connectivity index (χ2v) is 13.5. The minimum absolute atomic E-state index is 0.137. The van der Waals surface area contributed by atoms with Crippen molar-refractivity contribution in [3.8, 4) is 5.69 Å². The van der Waals surface area contributed by atoms with Crippen molar-refractivity contribution in [1.82, 2.24) is 19.8 Å². The number of nitrogens with one attached hydrogen (secondary N) is 2. The second kappa shape index (κ2) is 14.7. The standard InChI is InChI=1S/C37H43ClN4O5/c1-22(2)17-18-39-21-25-11-16-32-29(19-25)35(44)42(37(46)41(32)5)27-14-9-24(10-15-27)20-31(36(45)47-23(3)4)40-34(43)33-28(26-12-13-26)7-6-8-30(33)38/h6-11,14-16,19,22-23,26,31,39H,12-13,17-18,20-21H2,1-5H3,(H,40,43)/t31-/m0/s1. The first-order valence-corrected chi connectivity index (χ1v) is 16.7. The number of ether oxygens (including phenoxy) is 1. The first-order valence-electron chi connectivity index (χ1n) is 16.3. The average molecular weight is 659 g/mol. The van der Waals surface area contributed by atoms with Crippen LogP contribution in [0.5, 0.6) is 0 Å². The second-order valence-electron chi connectivity index (χ2n) is 13.1. The number of hydrogen-bond donors (Lipinski definition) is 2. The molecule has 5 rings (SSSR count). The number of esters is 1. The van der Waals surface area contributed by atoms with Gasteiger partial charge in [-0.15, -0.1) is 0 Å². The molecule has 1 atom stereocenters.